The van der Waals surface area contributed by atoms with Crippen LogP contribution in [-0.4, -0.2) is 30.4 Å². The summed E-state index contributed by atoms with van der Waals surface area (Å²) in [5.41, 5.74) is 1.49. The first kappa shape index (κ1) is 18.4. The molecule has 140 valence electrons. The lowest BCUT2D eigenvalue weighted by Gasteiger charge is -2.17. The van der Waals surface area contributed by atoms with Gasteiger partial charge < -0.3 is 15.0 Å². The van der Waals surface area contributed by atoms with Gasteiger partial charge in [0.05, 0.1) is 18.0 Å². The molecule has 2 aromatic rings. The Hall–Kier alpha value is -3.42. The average Bonchev–Trinajstić information content (AvgIpc) is 3.05. The third-order valence-electron chi connectivity index (χ3n) is 4.55. The van der Waals surface area contributed by atoms with Crippen LogP contribution in [0.25, 0.3) is 0 Å². The molecule has 3 rings (SSSR count). The van der Waals surface area contributed by atoms with E-state index in [9.17, 15) is 19.7 Å². The number of methoxy groups -OCH3 is 1. The summed E-state index contributed by atoms with van der Waals surface area (Å²) in [5.74, 6) is -0.326. The molecular weight excluding hydrogens is 350 g/mol. The van der Waals surface area contributed by atoms with Crippen molar-refractivity contribution in [3.63, 3.8) is 0 Å². The van der Waals surface area contributed by atoms with Crippen LogP contribution >= 0.6 is 0 Å². The average molecular weight is 369 g/mol. The van der Waals surface area contributed by atoms with Crippen LogP contribution in [0.4, 0.5) is 17.1 Å². The van der Waals surface area contributed by atoms with E-state index in [1.807, 2.05) is 0 Å². The van der Waals surface area contributed by atoms with E-state index in [1.165, 1.54) is 6.07 Å². The second kappa shape index (κ2) is 7.45. The van der Waals surface area contributed by atoms with Crippen LogP contribution in [-0.2, 0) is 9.59 Å². The van der Waals surface area contributed by atoms with E-state index >= 15 is 0 Å². The third kappa shape index (κ3) is 3.89. The molecule has 2 aromatic carbocycles. The van der Waals surface area contributed by atoms with Crippen molar-refractivity contribution in [3.05, 3.63) is 58.1 Å². The molecule has 1 heterocycles. The number of nitrogens with one attached hydrogen (secondary N) is 1. The zero-order valence-electron chi connectivity index (χ0n) is 15.0. The molecule has 1 atom stereocenters. The molecule has 0 spiro atoms. The number of hydrogen-bond acceptors (Lipinski definition) is 5. The molecule has 0 aliphatic carbocycles. The Labute approximate surface area is 155 Å². The van der Waals surface area contributed by atoms with Crippen LogP contribution in [0, 0.1) is 23.0 Å². The number of hydrogen-bond donors (Lipinski definition) is 1. The second-order valence-corrected chi connectivity index (χ2v) is 6.35. The number of benzene rings is 2. The van der Waals surface area contributed by atoms with Gasteiger partial charge in [-0.3, -0.25) is 19.7 Å². The molecule has 27 heavy (non-hydrogen) atoms. The number of aryl methyl sites for hydroxylation is 1. The first-order chi connectivity index (χ1) is 12.9. The minimum absolute atomic E-state index is 0.0600. The number of nitrogens with zero attached hydrogens (tertiary/aromatic N) is 2. The predicted molar refractivity (Wildman–Crippen MR) is 99.9 cm³/mol. The molecule has 0 bridgehead atoms. The van der Waals surface area contributed by atoms with Gasteiger partial charge in [-0.15, -0.1) is 0 Å². The summed E-state index contributed by atoms with van der Waals surface area (Å²) in [5, 5.41) is 13.7. The van der Waals surface area contributed by atoms with E-state index in [0.29, 0.717) is 22.7 Å². The van der Waals surface area contributed by atoms with Crippen molar-refractivity contribution in [2.75, 3.05) is 23.9 Å². The highest BCUT2D eigenvalue weighted by Gasteiger charge is 2.35. The van der Waals surface area contributed by atoms with Gasteiger partial charge in [0.2, 0.25) is 11.8 Å². The molecule has 0 aromatic heterocycles. The number of carbonyl (C=O) groups excluding carboxylic acids is 2. The van der Waals surface area contributed by atoms with Crippen LogP contribution in [0.2, 0.25) is 0 Å². The molecule has 0 unspecified atom stereocenters. The maximum Gasteiger partial charge on any atom is 0.274 e. The van der Waals surface area contributed by atoms with Crippen LogP contribution in [0.5, 0.6) is 5.75 Å². The predicted octanol–water partition coefficient (Wildman–Crippen LogP) is 2.90. The van der Waals surface area contributed by atoms with Crippen LogP contribution < -0.4 is 15.0 Å². The van der Waals surface area contributed by atoms with Crippen LogP contribution in [0.1, 0.15) is 12.0 Å². The SMILES string of the molecule is COc1ccc(N2C[C@@H](C(=O)Nc3ccc(C)c([N+](=O)[O-])c3)CC2=O)cc1. The molecule has 2 amide bonds. The Balaban J connectivity index is 1.70. The number of rotatable bonds is 5. The smallest absolute Gasteiger partial charge is 0.274 e. The summed E-state index contributed by atoms with van der Waals surface area (Å²) >= 11 is 0. The maximum absolute atomic E-state index is 12.5. The number of nitro groups is 1. The van der Waals surface area contributed by atoms with E-state index in [0.717, 1.165) is 0 Å². The number of nitro benzene ring substituents is 1. The number of anilines is 2. The minimum atomic E-state index is -0.528. The largest absolute Gasteiger partial charge is 0.497 e. The summed E-state index contributed by atoms with van der Waals surface area (Å²) in [6.45, 7) is 1.89. The third-order valence-corrected chi connectivity index (χ3v) is 4.55. The van der Waals surface area contributed by atoms with Crippen LogP contribution in [0.3, 0.4) is 0 Å². The number of carbonyl (C=O) groups is 2. The quantitative estimate of drug-likeness (QED) is 0.645. The lowest BCUT2D eigenvalue weighted by Crippen LogP contribution is -2.28. The van der Waals surface area contributed by atoms with Gasteiger partial charge in [-0.2, -0.15) is 0 Å². The van der Waals surface area contributed by atoms with Gasteiger partial charge in [-0.1, -0.05) is 6.07 Å². The van der Waals surface area contributed by atoms with E-state index < -0.39 is 10.8 Å². The Morgan fingerprint density at radius 2 is 1.96 bits per heavy atom. The van der Waals surface area contributed by atoms with Crippen LogP contribution in [0.15, 0.2) is 42.5 Å². The molecule has 1 saturated heterocycles. The summed E-state index contributed by atoms with van der Waals surface area (Å²) in [4.78, 5) is 36.9. The van der Waals surface area contributed by atoms with Crippen molar-refractivity contribution in [3.8, 4) is 5.75 Å². The lowest BCUT2D eigenvalue weighted by atomic mass is 10.1. The maximum atomic E-state index is 12.5. The normalized spacial score (nSPS) is 16.3. The zero-order chi connectivity index (χ0) is 19.6. The highest BCUT2D eigenvalue weighted by Crippen LogP contribution is 2.28. The summed E-state index contributed by atoms with van der Waals surface area (Å²) in [6.07, 6.45) is 0.0891. The van der Waals surface area contributed by atoms with Crippen molar-refractivity contribution in [1.29, 1.82) is 0 Å². The zero-order valence-corrected chi connectivity index (χ0v) is 15.0. The van der Waals surface area contributed by atoms with Gasteiger partial charge in [0.1, 0.15) is 5.75 Å². The van der Waals surface area contributed by atoms with E-state index in [-0.39, 0.29) is 30.5 Å². The highest BCUT2D eigenvalue weighted by atomic mass is 16.6. The van der Waals surface area contributed by atoms with Gasteiger partial charge in [0.25, 0.3) is 5.69 Å². The summed E-state index contributed by atoms with van der Waals surface area (Å²) < 4.78 is 5.10. The number of amides is 2. The lowest BCUT2D eigenvalue weighted by molar-refractivity contribution is -0.385. The standard InChI is InChI=1S/C19H19N3O5/c1-12-3-4-14(10-17(12)22(25)26)20-19(24)13-9-18(23)21(11-13)15-5-7-16(27-2)8-6-15/h3-8,10,13H,9,11H2,1-2H3,(H,20,24)/t13-/m0/s1. The number of ether oxygens (including phenoxy) is 1. The first-order valence-corrected chi connectivity index (χ1v) is 8.39. The minimum Gasteiger partial charge on any atom is -0.497 e. The Kier molecular flexibility index (Phi) is 5.07. The summed E-state index contributed by atoms with van der Waals surface area (Å²) in [6, 6.07) is 11.5. The highest BCUT2D eigenvalue weighted by molar-refractivity contribution is 6.03. The van der Waals surface area contributed by atoms with Crippen molar-refractivity contribution in [2.45, 2.75) is 13.3 Å². The second-order valence-electron chi connectivity index (χ2n) is 6.35. The van der Waals surface area contributed by atoms with Crippen molar-refractivity contribution < 1.29 is 19.2 Å². The molecule has 1 fully saturated rings. The van der Waals surface area contributed by atoms with Gasteiger partial charge >= 0.3 is 0 Å². The Bertz CT molecular complexity index is 895. The fraction of sp³-hybridized carbons (Fsp3) is 0.263. The molecule has 0 radical (unpaired) electrons. The van der Waals surface area contributed by atoms with Gasteiger partial charge in [0.15, 0.2) is 0 Å². The van der Waals surface area contributed by atoms with Crippen molar-refractivity contribution in [2.24, 2.45) is 5.92 Å². The van der Waals surface area contributed by atoms with Crippen molar-refractivity contribution in [1.82, 2.24) is 0 Å². The molecule has 8 nitrogen and oxygen atoms in total. The van der Waals surface area contributed by atoms with Gasteiger partial charge in [-0.05, 0) is 37.3 Å². The molecule has 0 saturated carbocycles. The molecule has 1 N–H and O–H groups in total. The molecular formula is C19H19N3O5. The monoisotopic (exact) mass is 369 g/mol. The fourth-order valence-corrected chi connectivity index (χ4v) is 3.02. The summed E-state index contributed by atoms with van der Waals surface area (Å²) in [7, 11) is 1.56. The first-order valence-electron chi connectivity index (χ1n) is 8.39. The Morgan fingerprint density at radius 3 is 2.59 bits per heavy atom. The molecule has 1 aliphatic heterocycles. The van der Waals surface area contributed by atoms with E-state index in [4.69, 9.17) is 4.74 Å². The van der Waals surface area contributed by atoms with Gasteiger partial charge in [-0.25, -0.2) is 0 Å². The van der Waals surface area contributed by atoms with Gasteiger partial charge in [0, 0.05) is 36.0 Å². The molecule has 8 heteroatoms. The van der Waals surface area contributed by atoms with Crippen molar-refractivity contribution >= 4 is 28.9 Å². The van der Waals surface area contributed by atoms with E-state index in [2.05, 4.69) is 5.32 Å². The van der Waals surface area contributed by atoms with E-state index in [1.54, 1.807) is 55.3 Å². The Morgan fingerprint density at radius 1 is 1.26 bits per heavy atom. The fourth-order valence-electron chi connectivity index (χ4n) is 3.02. The molecule has 1 aliphatic rings. The topological polar surface area (TPSA) is 102 Å².